The van der Waals surface area contributed by atoms with E-state index in [2.05, 4.69) is 5.32 Å². The minimum atomic E-state index is -3.57. The molecule has 0 spiro atoms. The van der Waals surface area contributed by atoms with Crippen LogP contribution in [0.15, 0.2) is 47.4 Å². The second-order valence-electron chi connectivity index (χ2n) is 6.82. The number of amides is 1. The van der Waals surface area contributed by atoms with E-state index in [4.69, 9.17) is 4.74 Å². The number of nitrogens with one attached hydrogen (secondary N) is 1. The van der Waals surface area contributed by atoms with Gasteiger partial charge in [0.05, 0.1) is 18.1 Å². The van der Waals surface area contributed by atoms with Gasteiger partial charge in [0.1, 0.15) is 6.04 Å². The number of hydrogen-bond donors (Lipinski definition) is 1. The Balaban J connectivity index is 0.00000225. The fourth-order valence-corrected chi connectivity index (χ4v) is 5.03. The van der Waals surface area contributed by atoms with Crippen LogP contribution in [0.1, 0.15) is 0 Å². The molecule has 2 aliphatic heterocycles. The number of hydrogen-bond acceptors (Lipinski definition) is 5. The molecule has 0 aromatic heterocycles. The first-order valence-electron chi connectivity index (χ1n) is 9.14. The van der Waals surface area contributed by atoms with Crippen LogP contribution in [-0.2, 0) is 19.6 Å². The van der Waals surface area contributed by atoms with Crippen LogP contribution in [0.25, 0.3) is 10.8 Å². The predicted octanol–water partition coefficient (Wildman–Crippen LogP) is 1.08. The maximum absolute atomic E-state index is 13.0. The van der Waals surface area contributed by atoms with E-state index in [1.54, 1.807) is 17.0 Å². The zero-order valence-corrected chi connectivity index (χ0v) is 17.0. The van der Waals surface area contributed by atoms with Gasteiger partial charge < -0.3 is 15.0 Å². The zero-order valence-electron chi connectivity index (χ0n) is 15.4. The van der Waals surface area contributed by atoms with Gasteiger partial charge in [-0.05, 0) is 22.9 Å². The molecular weight excluding hydrogens is 402 g/mol. The zero-order chi connectivity index (χ0) is 18.9. The van der Waals surface area contributed by atoms with Gasteiger partial charge in [0.2, 0.25) is 15.9 Å². The summed E-state index contributed by atoms with van der Waals surface area (Å²) in [7, 11) is -3.57. The van der Waals surface area contributed by atoms with Gasteiger partial charge in [-0.25, -0.2) is 8.42 Å². The first-order valence-corrected chi connectivity index (χ1v) is 10.6. The van der Waals surface area contributed by atoms with E-state index in [-0.39, 0.29) is 24.4 Å². The fourth-order valence-electron chi connectivity index (χ4n) is 3.57. The minimum absolute atomic E-state index is 0. The van der Waals surface area contributed by atoms with Crippen LogP contribution >= 0.6 is 12.4 Å². The lowest BCUT2D eigenvalue weighted by Crippen LogP contribution is -2.57. The van der Waals surface area contributed by atoms with Crippen molar-refractivity contribution in [2.75, 3.05) is 45.9 Å². The molecule has 2 heterocycles. The maximum atomic E-state index is 13.0. The minimum Gasteiger partial charge on any atom is -0.378 e. The van der Waals surface area contributed by atoms with Crippen molar-refractivity contribution in [1.29, 1.82) is 0 Å². The van der Waals surface area contributed by atoms with Gasteiger partial charge in [0, 0.05) is 32.7 Å². The molecule has 9 heteroatoms. The molecule has 2 aliphatic rings. The van der Waals surface area contributed by atoms with E-state index in [1.165, 1.54) is 4.31 Å². The Kier molecular flexibility index (Phi) is 6.57. The number of nitrogens with zero attached hydrogens (tertiary/aromatic N) is 2. The van der Waals surface area contributed by atoms with Gasteiger partial charge in [-0.3, -0.25) is 4.79 Å². The molecule has 28 heavy (non-hydrogen) atoms. The number of carbonyl (C=O) groups excluding carboxylic acids is 1. The number of ether oxygens (including phenoxy) is 1. The molecule has 2 fully saturated rings. The number of piperazine rings is 1. The second kappa shape index (κ2) is 8.75. The van der Waals surface area contributed by atoms with Gasteiger partial charge in [-0.2, -0.15) is 4.31 Å². The highest BCUT2D eigenvalue weighted by Crippen LogP contribution is 2.23. The van der Waals surface area contributed by atoms with E-state index >= 15 is 0 Å². The van der Waals surface area contributed by atoms with E-state index in [0.29, 0.717) is 50.8 Å². The summed E-state index contributed by atoms with van der Waals surface area (Å²) in [6.07, 6.45) is 0. The Morgan fingerprint density at radius 1 is 1.04 bits per heavy atom. The highest BCUT2D eigenvalue weighted by Gasteiger charge is 2.33. The van der Waals surface area contributed by atoms with Crippen LogP contribution in [0, 0.1) is 0 Å². The number of fused-ring (bicyclic) bond motifs is 1. The molecule has 0 bridgehead atoms. The van der Waals surface area contributed by atoms with E-state index < -0.39 is 10.0 Å². The standard InChI is InChI=1S/C19H23N3O4S.ClH/c23-19(18-14-26-12-7-20-18)21-8-10-22(11-9-21)27(24,25)17-6-5-15-3-1-2-4-16(15)13-17;/h1-6,13,18,20H,7-12,14H2;1H. The van der Waals surface area contributed by atoms with Crippen LogP contribution in [-0.4, -0.2) is 75.5 Å². The van der Waals surface area contributed by atoms with Crippen molar-refractivity contribution in [2.45, 2.75) is 10.9 Å². The highest BCUT2D eigenvalue weighted by atomic mass is 35.5. The summed E-state index contributed by atoms with van der Waals surface area (Å²) in [6, 6.07) is 12.6. The smallest absolute Gasteiger partial charge is 0.243 e. The molecule has 2 saturated heterocycles. The number of benzene rings is 2. The number of halogens is 1. The third kappa shape index (κ3) is 4.16. The average molecular weight is 426 g/mol. The Hall–Kier alpha value is -1.71. The Labute approximate surface area is 171 Å². The number of morpholine rings is 1. The average Bonchev–Trinajstić information content (AvgIpc) is 2.73. The maximum Gasteiger partial charge on any atom is 0.243 e. The number of sulfonamides is 1. The van der Waals surface area contributed by atoms with Crippen molar-refractivity contribution < 1.29 is 17.9 Å². The predicted molar refractivity (Wildman–Crippen MR) is 109 cm³/mol. The SMILES string of the molecule is Cl.O=C(C1COCCN1)N1CCN(S(=O)(=O)c2ccc3ccccc3c2)CC1. The number of rotatable bonds is 3. The second-order valence-corrected chi connectivity index (χ2v) is 8.76. The van der Waals surface area contributed by atoms with Crippen molar-refractivity contribution in [3.8, 4) is 0 Å². The summed E-state index contributed by atoms with van der Waals surface area (Å²) >= 11 is 0. The van der Waals surface area contributed by atoms with Crippen LogP contribution in [0.4, 0.5) is 0 Å². The lowest BCUT2D eigenvalue weighted by atomic mass is 10.1. The summed E-state index contributed by atoms with van der Waals surface area (Å²) < 4.78 is 32.8. The molecule has 152 valence electrons. The van der Waals surface area contributed by atoms with E-state index in [1.807, 2.05) is 30.3 Å². The molecule has 1 unspecified atom stereocenters. The molecule has 1 amide bonds. The van der Waals surface area contributed by atoms with Crippen LogP contribution in [0.2, 0.25) is 0 Å². The lowest BCUT2D eigenvalue weighted by Gasteiger charge is -2.36. The largest absolute Gasteiger partial charge is 0.378 e. The first kappa shape index (κ1) is 21.0. The van der Waals surface area contributed by atoms with Crippen LogP contribution in [0.5, 0.6) is 0 Å². The molecule has 1 N–H and O–H groups in total. The molecule has 0 aliphatic carbocycles. The highest BCUT2D eigenvalue weighted by molar-refractivity contribution is 7.89. The molecule has 7 nitrogen and oxygen atoms in total. The summed E-state index contributed by atoms with van der Waals surface area (Å²) in [5.74, 6) is -0.0162. The summed E-state index contributed by atoms with van der Waals surface area (Å²) in [5.41, 5.74) is 0. The molecular formula is C19H24ClN3O4S. The van der Waals surface area contributed by atoms with Crippen molar-refractivity contribution in [2.24, 2.45) is 0 Å². The summed E-state index contributed by atoms with van der Waals surface area (Å²) in [5, 5.41) is 5.06. The van der Waals surface area contributed by atoms with Crippen molar-refractivity contribution in [3.63, 3.8) is 0 Å². The Morgan fingerprint density at radius 3 is 2.43 bits per heavy atom. The molecule has 2 aromatic rings. The van der Waals surface area contributed by atoms with Gasteiger partial charge in [0.15, 0.2) is 0 Å². The lowest BCUT2D eigenvalue weighted by molar-refractivity contribution is -0.137. The molecule has 1 atom stereocenters. The summed E-state index contributed by atoms with van der Waals surface area (Å²) in [4.78, 5) is 14.6. The molecule has 4 rings (SSSR count). The normalized spacial score (nSPS) is 21.3. The van der Waals surface area contributed by atoms with Crippen molar-refractivity contribution in [3.05, 3.63) is 42.5 Å². The van der Waals surface area contributed by atoms with Gasteiger partial charge in [-0.1, -0.05) is 30.3 Å². The fraction of sp³-hybridized carbons (Fsp3) is 0.421. The van der Waals surface area contributed by atoms with Gasteiger partial charge in [-0.15, -0.1) is 12.4 Å². The van der Waals surface area contributed by atoms with Crippen molar-refractivity contribution in [1.82, 2.24) is 14.5 Å². The third-order valence-corrected chi connectivity index (χ3v) is 7.02. The molecule has 0 radical (unpaired) electrons. The molecule has 2 aromatic carbocycles. The third-order valence-electron chi connectivity index (χ3n) is 5.13. The van der Waals surface area contributed by atoms with Crippen LogP contribution in [0.3, 0.4) is 0 Å². The Bertz CT molecular complexity index is 939. The number of carbonyl (C=O) groups is 1. The molecule has 0 saturated carbocycles. The topological polar surface area (TPSA) is 79.0 Å². The van der Waals surface area contributed by atoms with E-state index in [0.717, 1.165) is 10.8 Å². The first-order chi connectivity index (χ1) is 13.1. The monoisotopic (exact) mass is 425 g/mol. The Morgan fingerprint density at radius 2 is 1.75 bits per heavy atom. The van der Waals surface area contributed by atoms with E-state index in [9.17, 15) is 13.2 Å². The van der Waals surface area contributed by atoms with Gasteiger partial charge in [0.25, 0.3) is 0 Å². The van der Waals surface area contributed by atoms with Crippen LogP contribution < -0.4 is 5.32 Å². The summed E-state index contributed by atoms with van der Waals surface area (Å²) in [6.45, 7) is 3.03. The van der Waals surface area contributed by atoms with Gasteiger partial charge >= 0.3 is 0 Å². The van der Waals surface area contributed by atoms with Crippen molar-refractivity contribution >= 4 is 39.1 Å². The quantitative estimate of drug-likeness (QED) is 0.796.